The lowest BCUT2D eigenvalue weighted by Gasteiger charge is -2.07. The monoisotopic (exact) mass is 283 g/mol. The molecule has 0 aliphatic carbocycles. The molecular formula is C16H17N3O2. The van der Waals surface area contributed by atoms with Crippen LogP contribution in [0, 0.1) is 0 Å². The Labute approximate surface area is 123 Å². The van der Waals surface area contributed by atoms with E-state index in [-0.39, 0.29) is 11.8 Å². The molecule has 2 rings (SSSR count). The van der Waals surface area contributed by atoms with Gasteiger partial charge in [-0.3, -0.25) is 14.6 Å². The number of nitrogens with zero attached hydrogens (tertiary/aromatic N) is 1. The molecule has 1 aromatic heterocycles. The third-order valence-corrected chi connectivity index (χ3v) is 2.89. The highest BCUT2D eigenvalue weighted by Crippen LogP contribution is 2.18. The van der Waals surface area contributed by atoms with Crippen molar-refractivity contribution in [3.63, 3.8) is 0 Å². The standard InChI is InChI=1S/C16H17N3O2/c1-12(20)18-7-8-19-16(21)15-9-14(10-17-11-15)13-5-3-2-4-6-13/h2-6,9-11H,7-8H2,1H3,(H,18,20)(H,19,21). The van der Waals surface area contributed by atoms with Gasteiger partial charge in [-0.15, -0.1) is 0 Å². The number of benzene rings is 1. The summed E-state index contributed by atoms with van der Waals surface area (Å²) >= 11 is 0. The van der Waals surface area contributed by atoms with Crippen LogP contribution < -0.4 is 10.6 Å². The van der Waals surface area contributed by atoms with Crippen molar-refractivity contribution in [2.24, 2.45) is 0 Å². The fraction of sp³-hybridized carbons (Fsp3) is 0.188. The van der Waals surface area contributed by atoms with E-state index in [2.05, 4.69) is 15.6 Å². The van der Waals surface area contributed by atoms with E-state index in [9.17, 15) is 9.59 Å². The van der Waals surface area contributed by atoms with E-state index < -0.39 is 0 Å². The Morgan fingerprint density at radius 2 is 1.71 bits per heavy atom. The highest BCUT2D eigenvalue weighted by atomic mass is 16.2. The first-order valence-electron chi connectivity index (χ1n) is 6.70. The molecule has 1 heterocycles. The van der Waals surface area contributed by atoms with E-state index in [1.165, 1.54) is 13.1 Å². The summed E-state index contributed by atoms with van der Waals surface area (Å²) in [5.41, 5.74) is 2.40. The lowest BCUT2D eigenvalue weighted by Crippen LogP contribution is -2.33. The van der Waals surface area contributed by atoms with Gasteiger partial charge in [-0.05, 0) is 11.6 Å². The number of amides is 2. The minimum atomic E-state index is -0.203. The van der Waals surface area contributed by atoms with Crippen LogP contribution >= 0.6 is 0 Å². The molecule has 0 bridgehead atoms. The van der Waals surface area contributed by atoms with Gasteiger partial charge in [-0.1, -0.05) is 30.3 Å². The van der Waals surface area contributed by atoms with Crippen molar-refractivity contribution in [3.05, 3.63) is 54.4 Å². The van der Waals surface area contributed by atoms with Gasteiger partial charge >= 0.3 is 0 Å². The Kier molecular flexibility index (Phi) is 5.04. The number of aromatic nitrogens is 1. The highest BCUT2D eigenvalue weighted by molar-refractivity contribution is 5.95. The summed E-state index contributed by atoms with van der Waals surface area (Å²) in [6.07, 6.45) is 3.25. The summed E-state index contributed by atoms with van der Waals surface area (Å²) in [7, 11) is 0. The second kappa shape index (κ2) is 7.19. The van der Waals surface area contributed by atoms with Crippen LogP contribution in [0.2, 0.25) is 0 Å². The largest absolute Gasteiger partial charge is 0.355 e. The molecule has 0 radical (unpaired) electrons. The van der Waals surface area contributed by atoms with E-state index in [1.807, 2.05) is 30.3 Å². The molecule has 2 aromatic rings. The fourth-order valence-corrected chi connectivity index (χ4v) is 1.87. The number of nitrogens with one attached hydrogen (secondary N) is 2. The summed E-state index contributed by atoms with van der Waals surface area (Å²) in [5.74, 6) is -0.317. The zero-order chi connectivity index (χ0) is 15.1. The summed E-state index contributed by atoms with van der Waals surface area (Å²) in [5, 5.41) is 5.36. The second-order valence-corrected chi connectivity index (χ2v) is 4.57. The third kappa shape index (κ3) is 4.42. The summed E-state index contributed by atoms with van der Waals surface area (Å²) < 4.78 is 0. The Morgan fingerprint density at radius 3 is 2.43 bits per heavy atom. The lowest BCUT2D eigenvalue weighted by atomic mass is 10.1. The molecule has 5 heteroatoms. The summed E-state index contributed by atoms with van der Waals surface area (Å²) in [6.45, 7) is 2.23. The molecule has 108 valence electrons. The van der Waals surface area contributed by atoms with E-state index >= 15 is 0 Å². The molecule has 1 aromatic carbocycles. The van der Waals surface area contributed by atoms with Crippen LogP contribution in [0.1, 0.15) is 17.3 Å². The first-order valence-corrected chi connectivity index (χ1v) is 6.70. The van der Waals surface area contributed by atoms with Crippen LogP contribution in [0.25, 0.3) is 11.1 Å². The molecule has 0 spiro atoms. The Balaban J connectivity index is 2.00. The maximum atomic E-state index is 12.0. The van der Waals surface area contributed by atoms with Crippen LogP contribution in [0.3, 0.4) is 0 Å². The number of hydrogen-bond acceptors (Lipinski definition) is 3. The number of hydrogen-bond donors (Lipinski definition) is 2. The zero-order valence-electron chi connectivity index (χ0n) is 11.8. The number of rotatable bonds is 5. The fourth-order valence-electron chi connectivity index (χ4n) is 1.87. The minimum Gasteiger partial charge on any atom is -0.355 e. The van der Waals surface area contributed by atoms with Crippen molar-refractivity contribution >= 4 is 11.8 Å². The van der Waals surface area contributed by atoms with E-state index in [0.29, 0.717) is 18.7 Å². The van der Waals surface area contributed by atoms with Crippen molar-refractivity contribution in [2.75, 3.05) is 13.1 Å². The van der Waals surface area contributed by atoms with Crippen LogP contribution in [-0.2, 0) is 4.79 Å². The molecule has 0 saturated carbocycles. The number of pyridine rings is 1. The molecule has 0 atom stereocenters. The Bertz CT molecular complexity index is 626. The van der Waals surface area contributed by atoms with Gasteiger partial charge in [0.25, 0.3) is 5.91 Å². The first kappa shape index (κ1) is 14.7. The van der Waals surface area contributed by atoms with E-state index in [1.54, 1.807) is 12.3 Å². The van der Waals surface area contributed by atoms with Crippen molar-refractivity contribution in [2.45, 2.75) is 6.92 Å². The van der Waals surface area contributed by atoms with Crippen LogP contribution in [-0.4, -0.2) is 29.9 Å². The van der Waals surface area contributed by atoms with Crippen molar-refractivity contribution < 1.29 is 9.59 Å². The number of carbonyl (C=O) groups excluding carboxylic acids is 2. The topological polar surface area (TPSA) is 71.1 Å². The van der Waals surface area contributed by atoms with E-state index in [0.717, 1.165) is 11.1 Å². The van der Waals surface area contributed by atoms with Gasteiger partial charge in [0.15, 0.2) is 0 Å². The molecule has 0 saturated heterocycles. The van der Waals surface area contributed by atoms with Gasteiger partial charge in [-0.2, -0.15) is 0 Å². The average Bonchev–Trinajstić information content (AvgIpc) is 2.52. The SMILES string of the molecule is CC(=O)NCCNC(=O)c1cncc(-c2ccccc2)c1. The van der Waals surface area contributed by atoms with E-state index in [4.69, 9.17) is 0 Å². The van der Waals surface area contributed by atoms with Crippen LogP contribution in [0.4, 0.5) is 0 Å². The summed E-state index contributed by atoms with van der Waals surface area (Å²) in [4.78, 5) is 26.8. The quantitative estimate of drug-likeness (QED) is 0.819. The minimum absolute atomic E-state index is 0.114. The Hall–Kier alpha value is -2.69. The van der Waals surface area contributed by atoms with Gasteiger partial charge in [-0.25, -0.2) is 0 Å². The molecule has 5 nitrogen and oxygen atoms in total. The highest BCUT2D eigenvalue weighted by Gasteiger charge is 2.07. The lowest BCUT2D eigenvalue weighted by molar-refractivity contribution is -0.118. The first-order chi connectivity index (χ1) is 10.2. The van der Waals surface area contributed by atoms with Crippen molar-refractivity contribution in [3.8, 4) is 11.1 Å². The second-order valence-electron chi connectivity index (χ2n) is 4.57. The van der Waals surface area contributed by atoms with Crippen LogP contribution in [0.5, 0.6) is 0 Å². The molecule has 21 heavy (non-hydrogen) atoms. The molecule has 2 N–H and O–H groups in total. The molecular weight excluding hydrogens is 266 g/mol. The number of carbonyl (C=O) groups is 2. The predicted octanol–water partition coefficient (Wildman–Crippen LogP) is 1.61. The Morgan fingerprint density at radius 1 is 1.00 bits per heavy atom. The normalized spacial score (nSPS) is 9.95. The van der Waals surface area contributed by atoms with Crippen molar-refractivity contribution in [1.82, 2.24) is 15.6 Å². The smallest absolute Gasteiger partial charge is 0.252 e. The van der Waals surface area contributed by atoms with Gasteiger partial charge < -0.3 is 10.6 Å². The maximum absolute atomic E-state index is 12.0. The predicted molar refractivity (Wildman–Crippen MR) is 80.7 cm³/mol. The van der Waals surface area contributed by atoms with Gasteiger partial charge in [0.05, 0.1) is 5.56 Å². The third-order valence-electron chi connectivity index (χ3n) is 2.89. The van der Waals surface area contributed by atoms with Gasteiger partial charge in [0, 0.05) is 38.0 Å². The van der Waals surface area contributed by atoms with Crippen LogP contribution in [0.15, 0.2) is 48.8 Å². The molecule has 0 aliphatic heterocycles. The molecule has 2 amide bonds. The summed E-state index contributed by atoms with van der Waals surface area (Å²) in [6, 6.07) is 11.6. The van der Waals surface area contributed by atoms with Crippen molar-refractivity contribution in [1.29, 1.82) is 0 Å². The molecule has 0 fully saturated rings. The van der Waals surface area contributed by atoms with Gasteiger partial charge in [0.2, 0.25) is 5.91 Å². The zero-order valence-corrected chi connectivity index (χ0v) is 11.8. The molecule has 0 unspecified atom stereocenters. The van der Waals surface area contributed by atoms with Gasteiger partial charge in [0.1, 0.15) is 0 Å². The maximum Gasteiger partial charge on any atom is 0.252 e. The average molecular weight is 283 g/mol. The molecule has 0 aliphatic rings.